The Morgan fingerprint density at radius 3 is 2.62 bits per heavy atom. The first-order chi connectivity index (χ1) is 6.24. The van der Waals surface area contributed by atoms with E-state index in [4.69, 9.17) is 5.21 Å². The number of nitrogens with two attached hydrogens (primary N) is 1. The van der Waals surface area contributed by atoms with E-state index < -0.39 is 0 Å². The topological polar surface area (TPSA) is 58.3 Å². The van der Waals surface area contributed by atoms with Gasteiger partial charge in [-0.25, -0.2) is 9.87 Å². The van der Waals surface area contributed by atoms with Crippen LogP contribution in [0.3, 0.4) is 0 Å². The van der Waals surface area contributed by atoms with E-state index >= 15 is 0 Å². The highest BCUT2D eigenvalue weighted by atomic mass is 19.1. The summed E-state index contributed by atoms with van der Waals surface area (Å²) in [6.07, 6.45) is 0. The number of hydroxylamine groups is 1. The fraction of sp³-hybridized carbons (Fsp3) is 0.333. The Labute approximate surface area is 77.3 Å². The van der Waals surface area contributed by atoms with Crippen LogP contribution in [0.5, 0.6) is 0 Å². The number of aryl methyl sites for hydroxylation is 1. The van der Waals surface area contributed by atoms with Crippen LogP contribution in [0.15, 0.2) is 18.2 Å². The molecule has 0 saturated carbocycles. The molecule has 0 heterocycles. The largest absolute Gasteiger partial charge is 0.333 e. The van der Waals surface area contributed by atoms with Crippen molar-refractivity contribution in [3.8, 4) is 0 Å². The summed E-state index contributed by atoms with van der Waals surface area (Å²) in [7, 11) is 1.50. The van der Waals surface area contributed by atoms with Gasteiger partial charge in [-0.2, -0.15) is 0 Å². The molecule has 0 aliphatic rings. The average Bonchev–Trinajstić information content (AvgIpc) is 2.15. The second kappa shape index (κ2) is 6.54. The van der Waals surface area contributed by atoms with Gasteiger partial charge in [0.15, 0.2) is 0 Å². The lowest BCUT2D eigenvalue weighted by Crippen LogP contribution is -2.07. The first-order valence-corrected chi connectivity index (χ1v) is 3.94. The van der Waals surface area contributed by atoms with Crippen LogP contribution in [0.1, 0.15) is 11.1 Å². The van der Waals surface area contributed by atoms with Gasteiger partial charge in [0.1, 0.15) is 5.82 Å². The van der Waals surface area contributed by atoms with Crippen molar-refractivity contribution in [2.45, 2.75) is 13.5 Å². The minimum atomic E-state index is -0.294. The Morgan fingerprint density at radius 1 is 1.46 bits per heavy atom. The molecule has 1 aromatic carbocycles. The summed E-state index contributed by atoms with van der Waals surface area (Å²) in [6, 6.07) is 4.77. The molecule has 3 nitrogen and oxygen atoms in total. The van der Waals surface area contributed by atoms with Gasteiger partial charge in [0.05, 0.1) is 0 Å². The lowest BCUT2D eigenvalue weighted by Gasteiger charge is -2.01. The number of hydrogen-bond donors (Lipinski definition) is 3. The SMILES string of the molecule is CN.Cc1ccc(F)c(CNO)c1. The van der Waals surface area contributed by atoms with Gasteiger partial charge in [0.25, 0.3) is 0 Å². The zero-order valence-corrected chi connectivity index (χ0v) is 7.84. The van der Waals surface area contributed by atoms with Crippen molar-refractivity contribution in [2.24, 2.45) is 5.73 Å². The first kappa shape index (κ1) is 12.0. The predicted octanol–water partition coefficient (Wildman–Crippen LogP) is 1.19. The summed E-state index contributed by atoms with van der Waals surface area (Å²) in [4.78, 5) is 0. The van der Waals surface area contributed by atoms with Crippen molar-refractivity contribution in [3.05, 3.63) is 35.1 Å². The van der Waals surface area contributed by atoms with Crippen molar-refractivity contribution in [1.82, 2.24) is 5.48 Å². The lowest BCUT2D eigenvalue weighted by molar-refractivity contribution is 0.160. The Bertz CT molecular complexity index is 253. The fourth-order valence-electron chi connectivity index (χ4n) is 0.924. The zero-order valence-electron chi connectivity index (χ0n) is 7.84. The molecule has 0 saturated heterocycles. The molecule has 0 aliphatic carbocycles. The zero-order chi connectivity index (χ0) is 10.3. The second-order valence-corrected chi connectivity index (χ2v) is 2.43. The third-order valence-corrected chi connectivity index (χ3v) is 1.47. The van der Waals surface area contributed by atoms with Crippen molar-refractivity contribution < 1.29 is 9.60 Å². The molecular weight excluding hydrogens is 171 g/mol. The Kier molecular flexibility index (Phi) is 6.05. The second-order valence-electron chi connectivity index (χ2n) is 2.43. The number of hydrogen-bond acceptors (Lipinski definition) is 3. The summed E-state index contributed by atoms with van der Waals surface area (Å²) in [5, 5.41) is 8.32. The van der Waals surface area contributed by atoms with Crippen LogP contribution in [0.4, 0.5) is 4.39 Å². The molecule has 0 radical (unpaired) electrons. The summed E-state index contributed by atoms with van der Waals surface area (Å²) < 4.78 is 12.8. The third-order valence-electron chi connectivity index (χ3n) is 1.47. The van der Waals surface area contributed by atoms with E-state index in [1.807, 2.05) is 12.4 Å². The molecule has 0 bridgehead atoms. The summed E-state index contributed by atoms with van der Waals surface area (Å²) in [5.74, 6) is -0.294. The van der Waals surface area contributed by atoms with Crippen molar-refractivity contribution >= 4 is 0 Å². The molecule has 4 heteroatoms. The number of nitrogens with one attached hydrogen (secondary N) is 1. The number of rotatable bonds is 2. The molecule has 1 rings (SSSR count). The fourth-order valence-corrected chi connectivity index (χ4v) is 0.924. The Hall–Kier alpha value is -0.970. The highest BCUT2D eigenvalue weighted by molar-refractivity contribution is 5.23. The van der Waals surface area contributed by atoms with Gasteiger partial charge in [-0.05, 0) is 20.0 Å². The maximum absolute atomic E-state index is 12.8. The highest BCUT2D eigenvalue weighted by Crippen LogP contribution is 2.08. The van der Waals surface area contributed by atoms with Gasteiger partial charge >= 0.3 is 0 Å². The summed E-state index contributed by atoms with van der Waals surface area (Å²) >= 11 is 0. The molecule has 1 aromatic rings. The van der Waals surface area contributed by atoms with Crippen LogP contribution in [0, 0.1) is 12.7 Å². The van der Waals surface area contributed by atoms with Gasteiger partial charge in [0, 0.05) is 12.1 Å². The Morgan fingerprint density at radius 2 is 2.08 bits per heavy atom. The van der Waals surface area contributed by atoms with Gasteiger partial charge in [-0.3, -0.25) is 0 Å². The molecule has 0 spiro atoms. The van der Waals surface area contributed by atoms with Crippen molar-refractivity contribution in [2.75, 3.05) is 7.05 Å². The molecule has 0 aromatic heterocycles. The molecule has 0 aliphatic heterocycles. The molecule has 0 atom stereocenters. The van der Waals surface area contributed by atoms with Crippen molar-refractivity contribution in [1.29, 1.82) is 0 Å². The third kappa shape index (κ3) is 3.98. The first-order valence-electron chi connectivity index (χ1n) is 3.94. The van der Waals surface area contributed by atoms with Crippen LogP contribution < -0.4 is 11.2 Å². The minimum Gasteiger partial charge on any atom is -0.333 e. The van der Waals surface area contributed by atoms with E-state index in [1.54, 1.807) is 12.1 Å². The molecule has 0 amide bonds. The lowest BCUT2D eigenvalue weighted by atomic mass is 10.1. The van der Waals surface area contributed by atoms with Gasteiger partial charge in [0.2, 0.25) is 0 Å². The normalized spacial score (nSPS) is 9.00. The van der Waals surface area contributed by atoms with E-state index in [9.17, 15) is 4.39 Å². The van der Waals surface area contributed by atoms with Crippen molar-refractivity contribution in [3.63, 3.8) is 0 Å². The molecular formula is C9H15FN2O. The molecule has 0 unspecified atom stereocenters. The van der Waals surface area contributed by atoms with Gasteiger partial charge < -0.3 is 10.9 Å². The van der Waals surface area contributed by atoms with Crippen LogP contribution >= 0.6 is 0 Å². The van der Waals surface area contributed by atoms with E-state index in [0.29, 0.717) is 5.56 Å². The maximum Gasteiger partial charge on any atom is 0.127 e. The molecule has 4 N–H and O–H groups in total. The molecule has 13 heavy (non-hydrogen) atoms. The standard InChI is InChI=1S/C8H10FNO.CH5N/c1-6-2-3-8(9)7(4-6)5-10-11;1-2/h2-4,10-11H,5H2,1H3;2H2,1H3. The number of benzene rings is 1. The van der Waals surface area contributed by atoms with E-state index in [0.717, 1.165) is 5.56 Å². The van der Waals surface area contributed by atoms with Crippen LogP contribution in [0.2, 0.25) is 0 Å². The van der Waals surface area contributed by atoms with Crippen LogP contribution in [-0.2, 0) is 6.54 Å². The highest BCUT2D eigenvalue weighted by Gasteiger charge is 1.99. The van der Waals surface area contributed by atoms with Crippen LogP contribution in [0.25, 0.3) is 0 Å². The summed E-state index contributed by atoms with van der Waals surface area (Å²) in [5.41, 5.74) is 7.87. The van der Waals surface area contributed by atoms with Crippen LogP contribution in [-0.4, -0.2) is 12.3 Å². The quantitative estimate of drug-likeness (QED) is 0.608. The summed E-state index contributed by atoms with van der Waals surface area (Å²) in [6.45, 7) is 2.02. The molecule has 74 valence electrons. The van der Waals surface area contributed by atoms with Gasteiger partial charge in [-0.15, -0.1) is 0 Å². The monoisotopic (exact) mass is 186 g/mol. The predicted molar refractivity (Wildman–Crippen MR) is 49.9 cm³/mol. The molecule has 0 fully saturated rings. The number of halogens is 1. The average molecular weight is 186 g/mol. The van der Waals surface area contributed by atoms with E-state index in [1.165, 1.54) is 13.1 Å². The minimum absolute atomic E-state index is 0.146. The van der Waals surface area contributed by atoms with Gasteiger partial charge in [-0.1, -0.05) is 17.7 Å². The van der Waals surface area contributed by atoms with E-state index in [-0.39, 0.29) is 12.4 Å². The maximum atomic E-state index is 12.8. The Balaban J connectivity index is 0.000000671. The smallest absolute Gasteiger partial charge is 0.127 e. The van der Waals surface area contributed by atoms with E-state index in [2.05, 4.69) is 5.73 Å².